The van der Waals surface area contributed by atoms with Crippen molar-refractivity contribution < 1.29 is 9.47 Å². The molecule has 2 aromatic rings. The average molecular weight is 358 g/mol. The van der Waals surface area contributed by atoms with E-state index in [-0.39, 0.29) is 0 Å². The molecule has 0 aliphatic rings. The molecule has 0 aliphatic carbocycles. The highest BCUT2D eigenvalue weighted by molar-refractivity contribution is 5.61. The van der Waals surface area contributed by atoms with Gasteiger partial charge in [0.15, 0.2) is 5.82 Å². The summed E-state index contributed by atoms with van der Waals surface area (Å²) in [7, 11) is 0. The second-order valence-corrected chi connectivity index (χ2v) is 5.78. The zero-order chi connectivity index (χ0) is 18.5. The van der Waals surface area contributed by atoms with Crippen molar-refractivity contribution in [3.05, 3.63) is 36.4 Å². The first-order valence-electron chi connectivity index (χ1n) is 9.41. The van der Waals surface area contributed by atoms with Crippen molar-refractivity contribution in [3.63, 3.8) is 0 Å². The summed E-state index contributed by atoms with van der Waals surface area (Å²) in [5.74, 6) is 2.36. The Labute approximate surface area is 156 Å². The Bertz CT molecular complexity index is 590. The SMILES string of the molecule is CCOCCCNc1cc(NCCCOCC)nc(-c2ccccc2)n1. The Morgan fingerprint density at radius 3 is 1.85 bits per heavy atom. The van der Waals surface area contributed by atoms with Gasteiger partial charge in [0.1, 0.15) is 11.6 Å². The number of ether oxygens (including phenoxy) is 2. The van der Waals surface area contributed by atoms with Crippen molar-refractivity contribution in [3.8, 4) is 11.4 Å². The average Bonchev–Trinajstić information content (AvgIpc) is 2.68. The minimum absolute atomic E-state index is 0.715. The van der Waals surface area contributed by atoms with Gasteiger partial charge < -0.3 is 20.1 Å². The highest BCUT2D eigenvalue weighted by Crippen LogP contribution is 2.20. The minimum atomic E-state index is 0.715. The van der Waals surface area contributed by atoms with Gasteiger partial charge in [-0.15, -0.1) is 0 Å². The quantitative estimate of drug-likeness (QED) is 0.531. The van der Waals surface area contributed by atoms with Crippen LogP contribution in [0.2, 0.25) is 0 Å². The van der Waals surface area contributed by atoms with Gasteiger partial charge in [0.25, 0.3) is 0 Å². The monoisotopic (exact) mass is 358 g/mol. The number of aromatic nitrogens is 2. The van der Waals surface area contributed by atoms with Gasteiger partial charge in [-0.05, 0) is 26.7 Å². The molecule has 1 heterocycles. The fourth-order valence-electron chi connectivity index (χ4n) is 2.41. The Morgan fingerprint density at radius 1 is 0.808 bits per heavy atom. The van der Waals surface area contributed by atoms with Gasteiger partial charge in [0.05, 0.1) is 0 Å². The van der Waals surface area contributed by atoms with Crippen LogP contribution in [0, 0.1) is 0 Å². The minimum Gasteiger partial charge on any atom is -0.382 e. The molecule has 142 valence electrons. The van der Waals surface area contributed by atoms with Crippen LogP contribution in [0.25, 0.3) is 11.4 Å². The van der Waals surface area contributed by atoms with Crippen molar-refractivity contribution in [2.24, 2.45) is 0 Å². The normalized spacial score (nSPS) is 10.7. The van der Waals surface area contributed by atoms with E-state index in [1.807, 2.05) is 50.2 Å². The summed E-state index contributed by atoms with van der Waals surface area (Å²) in [4.78, 5) is 9.30. The molecule has 0 saturated carbocycles. The van der Waals surface area contributed by atoms with E-state index in [1.54, 1.807) is 0 Å². The van der Waals surface area contributed by atoms with Gasteiger partial charge in [-0.3, -0.25) is 0 Å². The predicted octanol–water partition coefficient (Wildman–Crippen LogP) is 3.82. The summed E-state index contributed by atoms with van der Waals surface area (Å²) in [5.41, 5.74) is 1.00. The van der Waals surface area contributed by atoms with Crippen molar-refractivity contribution in [2.75, 3.05) is 50.2 Å². The molecular formula is C20H30N4O2. The first kappa shape index (κ1) is 20.1. The molecule has 0 aliphatic heterocycles. The van der Waals surface area contributed by atoms with Crippen molar-refractivity contribution in [1.29, 1.82) is 0 Å². The van der Waals surface area contributed by atoms with Gasteiger partial charge >= 0.3 is 0 Å². The van der Waals surface area contributed by atoms with E-state index < -0.39 is 0 Å². The number of rotatable bonds is 13. The standard InChI is InChI=1S/C20H30N4O2/c1-3-25-14-8-12-21-18-16-19(22-13-9-15-26-4-2)24-20(23-18)17-10-6-5-7-11-17/h5-7,10-11,16H,3-4,8-9,12-15H2,1-2H3,(H2,21,22,23,24). The van der Waals surface area contributed by atoms with E-state index in [0.717, 1.165) is 69.6 Å². The molecule has 1 aromatic heterocycles. The second-order valence-electron chi connectivity index (χ2n) is 5.78. The highest BCUT2D eigenvalue weighted by Gasteiger charge is 2.06. The molecule has 0 fully saturated rings. The molecule has 0 radical (unpaired) electrons. The lowest BCUT2D eigenvalue weighted by Crippen LogP contribution is -2.11. The predicted molar refractivity (Wildman–Crippen MR) is 107 cm³/mol. The van der Waals surface area contributed by atoms with Crippen molar-refractivity contribution in [1.82, 2.24) is 9.97 Å². The lowest BCUT2D eigenvalue weighted by atomic mass is 10.2. The Hall–Kier alpha value is -2.18. The molecule has 0 bridgehead atoms. The van der Waals surface area contributed by atoms with Crippen molar-refractivity contribution in [2.45, 2.75) is 26.7 Å². The lowest BCUT2D eigenvalue weighted by Gasteiger charge is -2.12. The molecule has 0 spiro atoms. The molecule has 26 heavy (non-hydrogen) atoms. The highest BCUT2D eigenvalue weighted by atomic mass is 16.5. The molecule has 0 unspecified atom stereocenters. The molecule has 2 N–H and O–H groups in total. The Balaban J connectivity index is 2.01. The fraction of sp³-hybridized carbons (Fsp3) is 0.500. The largest absolute Gasteiger partial charge is 0.382 e. The topological polar surface area (TPSA) is 68.3 Å². The third kappa shape index (κ3) is 7.37. The van der Waals surface area contributed by atoms with Crippen LogP contribution in [0.5, 0.6) is 0 Å². The summed E-state index contributed by atoms with van der Waals surface area (Å²) in [6.45, 7) is 8.65. The maximum absolute atomic E-state index is 5.38. The van der Waals surface area contributed by atoms with Crippen LogP contribution in [0.3, 0.4) is 0 Å². The van der Waals surface area contributed by atoms with Gasteiger partial charge in [-0.25, -0.2) is 9.97 Å². The summed E-state index contributed by atoms with van der Waals surface area (Å²) >= 11 is 0. The Kier molecular flexibility index (Phi) is 9.46. The van der Waals surface area contributed by atoms with Crippen LogP contribution in [0.1, 0.15) is 26.7 Å². The fourth-order valence-corrected chi connectivity index (χ4v) is 2.41. The number of anilines is 2. The zero-order valence-corrected chi connectivity index (χ0v) is 15.8. The molecule has 0 amide bonds. The van der Waals surface area contributed by atoms with Crippen LogP contribution in [-0.2, 0) is 9.47 Å². The number of hydrogen-bond acceptors (Lipinski definition) is 6. The van der Waals surface area contributed by atoms with E-state index in [2.05, 4.69) is 20.6 Å². The molecule has 1 aromatic carbocycles. The third-order valence-corrected chi connectivity index (χ3v) is 3.71. The smallest absolute Gasteiger partial charge is 0.163 e. The number of nitrogens with zero attached hydrogens (tertiary/aromatic N) is 2. The first-order valence-corrected chi connectivity index (χ1v) is 9.41. The lowest BCUT2D eigenvalue weighted by molar-refractivity contribution is 0.147. The first-order chi connectivity index (χ1) is 12.8. The molecule has 6 nitrogen and oxygen atoms in total. The molecular weight excluding hydrogens is 328 g/mol. The van der Waals surface area contributed by atoms with Gasteiger partial charge in [-0.1, -0.05) is 30.3 Å². The van der Waals surface area contributed by atoms with Crippen molar-refractivity contribution >= 4 is 11.6 Å². The van der Waals surface area contributed by atoms with Crippen LogP contribution < -0.4 is 10.6 Å². The van der Waals surface area contributed by atoms with E-state index in [1.165, 1.54) is 0 Å². The van der Waals surface area contributed by atoms with Crippen LogP contribution in [-0.4, -0.2) is 49.5 Å². The number of hydrogen-bond donors (Lipinski definition) is 2. The summed E-state index contributed by atoms with van der Waals surface area (Å²) < 4.78 is 10.8. The van der Waals surface area contributed by atoms with E-state index >= 15 is 0 Å². The maximum atomic E-state index is 5.38. The molecule has 0 atom stereocenters. The summed E-state index contributed by atoms with van der Waals surface area (Å²) in [5, 5.41) is 6.74. The van der Waals surface area contributed by atoms with Crippen LogP contribution in [0.4, 0.5) is 11.6 Å². The molecule has 2 rings (SSSR count). The van der Waals surface area contributed by atoms with E-state index in [9.17, 15) is 0 Å². The van der Waals surface area contributed by atoms with Gasteiger partial charge in [-0.2, -0.15) is 0 Å². The summed E-state index contributed by atoms with van der Waals surface area (Å²) in [6, 6.07) is 12.0. The van der Waals surface area contributed by atoms with E-state index in [0.29, 0.717) is 5.82 Å². The number of benzene rings is 1. The Morgan fingerprint density at radius 2 is 1.35 bits per heavy atom. The van der Waals surface area contributed by atoms with Crippen LogP contribution in [0.15, 0.2) is 36.4 Å². The van der Waals surface area contributed by atoms with Gasteiger partial charge in [0, 0.05) is 51.1 Å². The second kappa shape index (κ2) is 12.2. The zero-order valence-electron chi connectivity index (χ0n) is 15.8. The number of nitrogens with one attached hydrogen (secondary N) is 2. The molecule has 6 heteroatoms. The van der Waals surface area contributed by atoms with Crippen LogP contribution >= 0.6 is 0 Å². The molecule has 0 saturated heterocycles. The maximum Gasteiger partial charge on any atom is 0.163 e. The third-order valence-electron chi connectivity index (χ3n) is 3.71. The van der Waals surface area contributed by atoms with Gasteiger partial charge in [0.2, 0.25) is 0 Å². The van der Waals surface area contributed by atoms with E-state index in [4.69, 9.17) is 9.47 Å². The summed E-state index contributed by atoms with van der Waals surface area (Å²) in [6.07, 6.45) is 1.88.